The van der Waals surface area contributed by atoms with Gasteiger partial charge in [0.05, 0.1) is 37.1 Å². The first-order chi connectivity index (χ1) is 17.9. The first-order valence-corrected chi connectivity index (χ1v) is 14.1. The maximum Gasteiger partial charge on any atom is 0.312 e. The number of hydrogen-bond donors (Lipinski definition) is 2. The van der Waals surface area contributed by atoms with E-state index in [2.05, 4.69) is 34.4 Å². The van der Waals surface area contributed by atoms with Gasteiger partial charge in [0.25, 0.3) is 0 Å². The molecule has 0 aromatic carbocycles. The molecule has 3 fully saturated rings. The minimum atomic E-state index is -1.24. The summed E-state index contributed by atoms with van der Waals surface area (Å²) in [6, 6.07) is -1.83. The number of carbonyl (C=O) groups excluding carboxylic acids is 4. The van der Waals surface area contributed by atoms with E-state index < -0.39 is 53.6 Å². The van der Waals surface area contributed by atoms with Crippen LogP contribution in [0.2, 0.25) is 0 Å². The van der Waals surface area contributed by atoms with Crippen molar-refractivity contribution >= 4 is 39.6 Å². The van der Waals surface area contributed by atoms with Crippen molar-refractivity contribution in [2.24, 2.45) is 11.8 Å². The van der Waals surface area contributed by atoms with E-state index in [0.29, 0.717) is 19.3 Å². The molecular weight excluding hydrogens is 558 g/mol. The van der Waals surface area contributed by atoms with Crippen LogP contribution in [-0.2, 0) is 28.7 Å². The Labute approximate surface area is 232 Å². The van der Waals surface area contributed by atoms with Crippen LogP contribution in [0.25, 0.3) is 0 Å². The van der Waals surface area contributed by atoms with Crippen molar-refractivity contribution in [1.29, 1.82) is 0 Å². The number of nitrogens with one attached hydrogen (secondary N) is 1. The molecule has 0 radical (unpaired) electrons. The van der Waals surface area contributed by atoms with Crippen LogP contribution in [0.15, 0.2) is 25.3 Å². The number of carbonyl (C=O) groups is 4. The van der Waals surface area contributed by atoms with Crippen LogP contribution in [0, 0.1) is 11.8 Å². The fourth-order valence-electron chi connectivity index (χ4n) is 5.93. The third kappa shape index (κ3) is 5.42. The van der Waals surface area contributed by atoms with E-state index in [9.17, 15) is 24.3 Å². The molecule has 3 amide bonds. The number of halogens is 1. The maximum atomic E-state index is 14.0. The second-order valence-electron chi connectivity index (χ2n) is 10.7. The number of aliphatic hydroxyl groups is 1. The van der Waals surface area contributed by atoms with Crippen LogP contribution in [-0.4, -0.2) is 99.1 Å². The molecule has 1 unspecified atom stereocenters. The summed E-state index contributed by atoms with van der Waals surface area (Å²) in [5.74, 6) is -3.35. The lowest BCUT2D eigenvalue weighted by atomic mass is 9.70. The molecule has 38 heavy (non-hydrogen) atoms. The van der Waals surface area contributed by atoms with Crippen LogP contribution in [0.1, 0.15) is 47.0 Å². The quantitative estimate of drug-likeness (QED) is 0.187. The van der Waals surface area contributed by atoms with Crippen molar-refractivity contribution in [3.63, 3.8) is 0 Å². The largest absolute Gasteiger partial charge is 0.460 e. The number of ether oxygens (including phenoxy) is 2. The second-order valence-corrected chi connectivity index (χ2v) is 11.9. The molecule has 1 spiro atoms. The lowest BCUT2D eigenvalue weighted by molar-refractivity contribution is -0.160. The Morgan fingerprint density at radius 2 is 1.97 bits per heavy atom. The number of allylic oxidation sites excluding steroid dienone is 1. The van der Waals surface area contributed by atoms with Gasteiger partial charge in [-0.1, -0.05) is 28.1 Å². The summed E-state index contributed by atoms with van der Waals surface area (Å²) < 4.78 is 12.1. The Morgan fingerprint density at radius 1 is 1.29 bits per heavy atom. The monoisotopic (exact) mass is 597 g/mol. The molecular formula is C27H40BrN3O7. The minimum Gasteiger partial charge on any atom is -0.460 e. The number of alkyl halides is 1. The highest BCUT2D eigenvalue weighted by atomic mass is 79.9. The highest BCUT2D eigenvalue weighted by Crippen LogP contribution is 2.60. The molecule has 3 saturated heterocycles. The Balaban J connectivity index is 1.89. The number of nitrogens with zero attached hydrogens (tertiary/aromatic N) is 2. The molecule has 2 N–H and O–H groups in total. The van der Waals surface area contributed by atoms with E-state index in [0.717, 1.165) is 0 Å². The van der Waals surface area contributed by atoms with E-state index in [1.54, 1.807) is 30.9 Å². The summed E-state index contributed by atoms with van der Waals surface area (Å²) in [5.41, 5.74) is -1.24. The number of likely N-dealkylation sites (tertiary alicyclic amines) is 1. The molecule has 8 atom stereocenters. The van der Waals surface area contributed by atoms with Crippen LogP contribution >= 0.6 is 15.9 Å². The third-order valence-electron chi connectivity index (χ3n) is 7.68. The molecule has 10 nitrogen and oxygen atoms in total. The number of hydrogen-bond acceptors (Lipinski definition) is 7. The predicted octanol–water partition coefficient (Wildman–Crippen LogP) is 1.55. The molecule has 2 bridgehead atoms. The SMILES string of the molecule is C=CCCC(=O)NC[C@H](C)OC(=O)[C@@H]1[C@H]2O[C@@]3(CC2Br)[C@H](C(=O)N(CC=C)C(C)C)N([C@H](C)CO)C(=O)[C@@H]13. The van der Waals surface area contributed by atoms with Crippen molar-refractivity contribution < 1.29 is 33.8 Å². The van der Waals surface area contributed by atoms with Gasteiger partial charge in [-0.15, -0.1) is 13.2 Å². The zero-order valence-electron chi connectivity index (χ0n) is 22.6. The number of fused-ring (bicyclic) bond motifs is 1. The molecule has 11 heteroatoms. The van der Waals surface area contributed by atoms with Crippen molar-refractivity contribution in [3.8, 4) is 0 Å². The number of amides is 3. The molecule has 3 heterocycles. The van der Waals surface area contributed by atoms with E-state index in [4.69, 9.17) is 9.47 Å². The van der Waals surface area contributed by atoms with Gasteiger partial charge >= 0.3 is 5.97 Å². The average Bonchev–Trinajstić information content (AvgIpc) is 3.46. The fourth-order valence-corrected chi connectivity index (χ4v) is 6.87. The molecule has 212 valence electrons. The molecule has 0 aromatic heterocycles. The molecule has 0 aromatic rings. The molecule has 0 aliphatic carbocycles. The Kier molecular flexibility index (Phi) is 9.81. The van der Waals surface area contributed by atoms with Gasteiger partial charge in [0, 0.05) is 23.8 Å². The highest BCUT2D eigenvalue weighted by molar-refractivity contribution is 9.09. The van der Waals surface area contributed by atoms with E-state index in [-0.39, 0.29) is 42.4 Å². The van der Waals surface area contributed by atoms with Gasteiger partial charge < -0.3 is 29.7 Å². The van der Waals surface area contributed by atoms with E-state index >= 15 is 0 Å². The van der Waals surface area contributed by atoms with Gasteiger partial charge in [0.15, 0.2) is 0 Å². The predicted molar refractivity (Wildman–Crippen MR) is 144 cm³/mol. The smallest absolute Gasteiger partial charge is 0.312 e. The van der Waals surface area contributed by atoms with Crippen LogP contribution < -0.4 is 5.32 Å². The molecule has 3 aliphatic rings. The summed E-state index contributed by atoms with van der Waals surface area (Å²) >= 11 is 3.62. The van der Waals surface area contributed by atoms with Crippen LogP contribution in [0.3, 0.4) is 0 Å². The average molecular weight is 599 g/mol. The van der Waals surface area contributed by atoms with Gasteiger partial charge in [0.1, 0.15) is 17.7 Å². The van der Waals surface area contributed by atoms with Crippen molar-refractivity contribution in [2.75, 3.05) is 19.7 Å². The van der Waals surface area contributed by atoms with Gasteiger partial charge in [-0.25, -0.2) is 0 Å². The summed E-state index contributed by atoms with van der Waals surface area (Å²) in [6.07, 6.45) is 3.19. The Bertz CT molecular complexity index is 959. The second kappa shape index (κ2) is 12.3. The van der Waals surface area contributed by atoms with Gasteiger partial charge in [-0.2, -0.15) is 0 Å². The summed E-state index contributed by atoms with van der Waals surface area (Å²) in [5, 5.41) is 12.7. The molecule has 0 saturated carbocycles. The first kappa shape index (κ1) is 30.3. The van der Waals surface area contributed by atoms with E-state index in [1.165, 1.54) is 4.90 Å². The summed E-state index contributed by atoms with van der Waals surface area (Å²) in [4.78, 5) is 56.1. The van der Waals surface area contributed by atoms with Gasteiger partial charge in [-0.3, -0.25) is 19.2 Å². The Morgan fingerprint density at radius 3 is 2.55 bits per heavy atom. The van der Waals surface area contributed by atoms with Gasteiger partial charge in [0.2, 0.25) is 17.7 Å². The molecule has 3 rings (SSSR count). The van der Waals surface area contributed by atoms with Crippen molar-refractivity contribution in [3.05, 3.63) is 25.3 Å². The summed E-state index contributed by atoms with van der Waals surface area (Å²) in [6.45, 7) is 14.5. The lowest BCUT2D eigenvalue weighted by Gasteiger charge is -2.39. The number of aliphatic hydroxyl groups excluding tert-OH is 1. The number of esters is 1. The standard InChI is InChI=1S/C27H40BrN3O7/c1-7-9-10-19(33)29-13-17(6)37-26(36)20-21-24(34)31(16(5)14-32)23(25(35)30(11-8-2)15(3)4)27(21)12-18(28)22(20)38-27/h7-8,15-18,20-23,32H,1-2,9-14H2,3-6H3,(H,29,33)/t16-,17+,18?,20+,21-,22+,23+,27-/m1/s1. The Hall–Kier alpha value is -2.24. The van der Waals surface area contributed by atoms with E-state index in [1.807, 2.05) is 13.8 Å². The molecule has 3 aliphatic heterocycles. The number of rotatable bonds is 13. The van der Waals surface area contributed by atoms with Crippen LogP contribution in [0.5, 0.6) is 0 Å². The highest BCUT2D eigenvalue weighted by Gasteiger charge is 2.77. The summed E-state index contributed by atoms with van der Waals surface area (Å²) in [7, 11) is 0. The minimum absolute atomic E-state index is 0.126. The third-order valence-corrected chi connectivity index (χ3v) is 8.53. The first-order valence-electron chi connectivity index (χ1n) is 13.2. The van der Waals surface area contributed by atoms with Gasteiger partial charge in [-0.05, 0) is 40.5 Å². The van der Waals surface area contributed by atoms with Crippen molar-refractivity contribution in [1.82, 2.24) is 15.1 Å². The normalized spacial score (nSPS) is 31.1. The maximum absolute atomic E-state index is 14.0. The fraction of sp³-hybridized carbons (Fsp3) is 0.704. The van der Waals surface area contributed by atoms with Crippen molar-refractivity contribution in [2.45, 2.75) is 87.7 Å². The lowest BCUT2D eigenvalue weighted by Crippen LogP contribution is -2.59. The van der Waals surface area contributed by atoms with Crippen LogP contribution in [0.4, 0.5) is 0 Å². The topological polar surface area (TPSA) is 125 Å². The zero-order chi connectivity index (χ0) is 28.4. The zero-order valence-corrected chi connectivity index (χ0v) is 24.2.